The van der Waals surface area contributed by atoms with Crippen LogP contribution in [-0.2, 0) is 14.3 Å². The summed E-state index contributed by atoms with van der Waals surface area (Å²) in [5, 5.41) is 0. The molecule has 0 radical (unpaired) electrons. The Kier molecular flexibility index (Phi) is 6.24. The Balaban J connectivity index is 3.80. The van der Waals surface area contributed by atoms with Crippen molar-refractivity contribution in [2.45, 2.75) is 13.2 Å². The summed E-state index contributed by atoms with van der Waals surface area (Å²) >= 11 is 0. The second kappa shape index (κ2) is 6.76. The van der Waals surface area contributed by atoms with Gasteiger partial charge in [-0.2, -0.15) is 0 Å². The van der Waals surface area contributed by atoms with Crippen molar-refractivity contribution in [3.05, 3.63) is 24.3 Å². The molecule has 12 heavy (non-hydrogen) atoms. The first kappa shape index (κ1) is 11.1. The first-order valence-electron chi connectivity index (χ1n) is 3.61. The van der Waals surface area contributed by atoms with Gasteiger partial charge in [-0.05, 0) is 19.1 Å². The fourth-order valence-electron chi connectivity index (χ4n) is 0.599. The van der Waals surface area contributed by atoms with E-state index in [1.165, 1.54) is 13.0 Å². The smallest absolute Gasteiger partial charge is 0.176 e. The summed E-state index contributed by atoms with van der Waals surface area (Å²) in [5.41, 5.74) is 0. The largest absolute Gasteiger partial charge is 0.352 e. The second-order valence-electron chi connectivity index (χ2n) is 2.19. The fourth-order valence-corrected chi connectivity index (χ4v) is 0.599. The molecule has 0 bridgehead atoms. The summed E-state index contributed by atoms with van der Waals surface area (Å²) in [6, 6.07) is 0. The quantitative estimate of drug-likeness (QED) is 0.354. The van der Waals surface area contributed by atoms with Gasteiger partial charge in [0.1, 0.15) is 0 Å². The zero-order valence-electron chi connectivity index (χ0n) is 7.61. The highest BCUT2D eigenvalue weighted by molar-refractivity contribution is 5.87. The Morgan fingerprint density at radius 3 is 2.25 bits per heavy atom. The van der Waals surface area contributed by atoms with Gasteiger partial charge in [-0.25, -0.2) is 0 Å². The third-order valence-electron chi connectivity index (χ3n) is 1.17. The van der Waals surface area contributed by atoms with Crippen LogP contribution < -0.4 is 0 Å². The molecule has 0 unspecified atom stereocenters. The summed E-state index contributed by atoms with van der Waals surface area (Å²) in [4.78, 5) is 10.4. The third-order valence-corrected chi connectivity index (χ3v) is 1.17. The molecule has 0 aliphatic heterocycles. The Labute approximate surface area is 72.7 Å². The van der Waals surface area contributed by atoms with E-state index in [1.54, 1.807) is 32.4 Å². The van der Waals surface area contributed by atoms with Crippen LogP contribution in [0.1, 0.15) is 6.92 Å². The maximum atomic E-state index is 10.4. The van der Waals surface area contributed by atoms with E-state index in [0.29, 0.717) is 0 Å². The molecule has 0 atom stereocenters. The average Bonchev–Trinajstić information content (AvgIpc) is 2.04. The highest BCUT2D eigenvalue weighted by Gasteiger charge is 1.94. The lowest BCUT2D eigenvalue weighted by Gasteiger charge is -2.05. The molecule has 0 aromatic rings. The molecule has 0 heterocycles. The van der Waals surface area contributed by atoms with Crippen LogP contribution in [0.5, 0.6) is 0 Å². The number of rotatable bonds is 5. The Morgan fingerprint density at radius 2 is 1.83 bits per heavy atom. The van der Waals surface area contributed by atoms with Gasteiger partial charge in [-0.3, -0.25) is 4.79 Å². The Morgan fingerprint density at radius 1 is 1.25 bits per heavy atom. The van der Waals surface area contributed by atoms with Gasteiger partial charge in [0.05, 0.1) is 0 Å². The lowest BCUT2D eigenvalue weighted by atomic mass is 10.3. The number of methoxy groups -OCH3 is 2. The van der Waals surface area contributed by atoms with Crippen LogP contribution in [0, 0.1) is 0 Å². The Bertz CT molecular complexity index is 178. The predicted octanol–water partition coefficient (Wildman–Crippen LogP) is 1.31. The molecule has 0 aliphatic carbocycles. The molecule has 0 aromatic heterocycles. The van der Waals surface area contributed by atoms with E-state index in [2.05, 4.69) is 0 Å². The third kappa shape index (κ3) is 5.82. The standard InChI is InChI=1S/C9H14O3/c1-8(10)6-4-5-7-9(11-2)12-3/h4-7,9H,1-3H3. The Hall–Kier alpha value is -0.930. The van der Waals surface area contributed by atoms with Crippen LogP contribution in [-0.4, -0.2) is 26.3 Å². The van der Waals surface area contributed by atoms with Crippen molar-refractivity contribution in [3.8, 4) is 0 Å². The van der Waals surface area contributed by atoms with E-state index in [4.69, 9.17) is 9.47 Å². The zero-order valence-corrected chi connectivity index (χ0v) is 7.61. The summed E-state index contributed by atoms with van der Waals surface area (Å²) in [7, 11) is 3.10. The zero-order chi connectivity index (χ0) is 9.40. The fraction of sp³-hybridized carbons (Fsp3) is 0.444. The van der Waals surface area contributed by atoms with Crippen LogP contribution >= 0.6 is 0 Å². The van der Waals surface area contributed by atoms with Crippen LogP contribution in [0.4, 0.5) is 0 Å². The van der Waals surface area contributed by atoms with E-state index in [-0.39, 0.29) is 12.1 Å². The number of carbonyl (C=O) groups excluding carboxylic acids is 1. The number of allylic oxidation sites excluding steroid dienone is 3. The van der Waals surface area contributed by atoms with E-state index < -0.39 is 0 Å². The van der Waals surface area contributed by atoms with Gasteiger partial charge >= 0.3 is 0 Å². The molecule has 0 fully saturated rings. The SMILES string of the molecule is COC(C=CC=CC(C)=O)OC. The molecule has 68 valence electrons. The normalized spacial score (nSPS) is 12.0. The minimum absolute atomic E-state index is 0.0195. The van der Waals surface area contributed by atoms with Crippen molar-refractivity contribution in [1.82, 2.24) is 0 Å². The van der Waals surface area contributed by atoms with Crippen LogP contribution in [0.25, 0.3) is 0 Å². The highest BCUT2D eigenvalue weighted by atomic mass is 16.7. The lowest BCUT2D eigenvalue weighted by Crippen LogP contribution is -2.08. The average molecular weight is 170 g/mol. The summed E-state index contributed by atoms with van der Waals surface area (Å²) in [6.45, 7) is 1.49. The van der Waals surface area contributed by atoms with E-state index in [1.807, 2.05) is 0 Å². The van der Waals surface area contributed by atoms with Gasteiger partial charge in [0.15, 0.2) is 12.1 Å². The number of hydrogen-bond donors (Lipinski definition) is 0. The molecular formula is C9H14O3. The molecule has 0 saturated heterocycles. The van der Waals surface area contributed by atoms with Gasteiger partial charge in [0, 0.05) is 14.2 Å². The number of hydrogen-bond acceptors (Lipinski definition) is 3. The molecular weight excluding hydrogens is 156 g/mol. The summed E-state index contributed by atoms with van der Waals surface area (Å²) in [6.07, 6.45) is 6.19. The van der Waals surface area contributed by atoms with E-state index >= 15 is 0 Å². The van der Waals surface area contributed by atoms with Crippen LogP contribution in [0.3, 0.4) is 0 Å². The summed E-state index contributed by atoms with van der Waals surface area (Å²) < 4.78 is 9.76. The lowest BCUT2D eigenvalue weighted by molar-refractivity contribution is -0.112. The minimum Gasteiger partial charge on any atom is -0.352 e. The van der Waals surface area contributed by atoms with E-state index in [0.717, 1.165) is 0 Å². The van der Waals surface area contributed by atoms with Gasteiger partial charge in [0.2, 0.25) is 0 Å². The maximum absolute atomic E-state index is 10.4. The highest BCUT2D eigenvalue weighted by Crippen LogP contribution is 1.92. The molecule has 0 saturated carbocycles. The van der Waals surface area contributed by atoms with Gasteiger partial charge in [-0.1, -0.05) is 12.2 Å². The number of ketones is 1. The number of ether oxygens (including phenoxy) is 2. The predicted molar refractivity (Wildman–Crippen MR) is 46.8 cm³/mol. The second-order valence-corrected chi connectivity index (χ2v) is 2.19. The van der Waals surface area contributed by atoms with E-state index in [9.17, 15) is 4.79 Å². The molecule has 0 N–H and O–H groups in total. The van der Waals surface area contributed by atoms with Gasteiger partial charge in [-0.15, -0.1) is 0 Å². The molecule has 0 amide bonds. The molecule has 0 spiro atoms. The molecule has 0 aliphatic rings. The van der Waals surface area contributed by atoms with Crippen molar-refractivity contribution >= 4 is 5.78 Å². The summed E-state index contributed by atoms with van der Waals surface area (Å²) in [5.74, 6) is 0.0195. The molecule has 3 heteroatoms. The van der Waals surface area contributed by atoms with Gasteiger partial charge in [0.25, 0.3) is 0 Å². The molecule has 3 nitrogen and oxygen atoms in total. The minimum atomic E-state index is -0.346. The topological polar surface area (TPSA) is 35.5 Å². The first-order chi connectivity index (χ1) is 5.70. The van der Waals surface area contributed by atoms with Crippen molar-refractivity contribution in [1.29, 1.82) is 0 Å². The monoisotopic (exact) mass is 170 g/mol. The molecule has 0 rings (SSSR count). The van der Waals surface area contributed by atoms with Crippen LogP contribution in [0.2, 0.25) is 0 Å². The van der Waals surface area contributed by atoms with Crippen molar-refractivity contribution < 1.29 is 14.3 Å². The maximum Gasteiger partial charge on any atom is 0.176 e. The van der Waals surface area contributed by atoms with Crippen LogP contribution in [0.15, 0.2) is 24.3 Å². The van der Waals surface area contributed by atoms with Gasteiger partial charge < -0.3 is 9.47 Å². The molecule has 0 aromatic carbocycles. The van der Waals surface area contributed by atoms with Crippen molar-refractivity contribution in [2.24, 2.45) is 0 Å². The van der Waals surface area contributed by atoms with Crippen molar-refractivity contribution in [2.75, 3.05) is 14.2 Å². The van der Waals surface area contributed by atoms with Crippen molar-refractivity contribution in [3.63, 3.8) is 0 Å². The first-order valence-corrected chi connectivity index (χ1v) is 3.61. The number of carbonyl (C=O) groups is 1.